The highest BCUT2D eigenvalue weighted by Gasteiger charge is 2.04. The van der Waals surface area contributed by atoms with Crippen LogP contribution in [0.1, 0.15) is 25.3 Å². The van der Waals surface area contributed by atoms with E-state index in [-0.39, 0.29) is 12.5 Å². The summed E-state index contributed by atoms with van der Waals surface area (Å²) in [4.78, 5) is 11.9. The zero-order valence-electron chi connectivity index (χ0n) is 13.8. The summed E-state index contributed by atoms with van der Waals surface area (Å²) in [6, 6.07) is 15.1. The van der Waals surface area contributed by atoms with E-state index in [4.69, 9.17) is 16.3 Å². The maximum Gasteiger partial charge on any atom is 0.239 e. The Hall–Kier alpha value is -2.20. The van der Waals surface area contributed by atoms with Gasteiger partial charge >= 0.3 is 0 Å². The molecule has 0 fully saturated rings. The molecule has 0 saturated carbocycles. The van der Waals surface area contributed by atoms with Gasteiger partial charge in [0.1, 0.15) is 5.75 Å². The van der Waals surface area contributed by atoms with Crippen molar-refractivity contribution < 1.29 is 9.53 Å². The molecule has 0 bridgehead atoms. The third-order valence-electron chi connectivity index (χ3n) is 3.51. The van der Waals surface area contributed by atoms with Crippen LogP contribution in [0.2, 0.25) is 5.02 Å². The lowest BCUT2D eigenvalue weighted by atomic mass is 10.2. The van der Waals surface area contributed by atoms with Crippen LogP contribution in [0.15, 0.2) is 48.5 Å². The van der Waals surface area contributed by atoms with Crippen molar-refractivity contribution in [3.63, 3.8) is 0 Å². The number of hydrogen-bond donors (Lipinski definition) is 2. The number of halogens is 1. The number of unbranched alkanes of at least 4 members (excludes halogenated alkanes) is 1. The maximum atomic E-state index is 11.9. The molecule has 2 rings (SSSR count). The van der Waals surface area contributed by atoms with Crippen molar-refractivity contribution in [1.82, 2.24) is 5.32 Å². The van der Waals surface area contributed by atoms with Gasteiger partial charge in [-0.15, -0.1) is 0 Å². The van der Waals surface area contributed by atoms with Gasteiger partial charge in [0, 0.05) is 17.3 Å². The van der Waals surface area contributed by atoms with Crippen LogP contribution < -0.4 is 15.4 Å². The van der Waals surface area contributed by atoms with Crippen LogP contribution in [-0.4, -0.2) is 19.1 Å². The van der Waals surface area contributed by atoms with Crippen LogP contribution in [0.3, 0.4) is 0 Å². The van der Waals surface area contributed by atoms with Crippen molar-refractivity contribution in [2.24, 2.45) is 0 Å². The van der Waals surface area contributed by atoms with Gasteiger partial charge in [-0.3, -0.25) is 4.79 Å². The average molecular weight is 347 g/mol. The summed E-state index contributed by atoms with van der Waals surface area (Å²) < 4.78 is 5.61. The van der Waals surface area contributed by atoms with Crippen molar-refractivity contribution >= 4 is 23.2 Å². The van der Waals surface area contributed by atoms with Crippen LogP contribution in [0.5, 0.6) is 5.75 Å². The molecule has 24 heavy (non-hydrogen) atoms. The molecule has 0 saturated heterocycles. The molecule has 4 nitrogen and oxygen atoms in total. The van der Waals surface area contributed by atoms with Crippen molar-refractivity contribution in [2.45, 2.75) is 26.3 Å². The molecule has 128 valence electrons. The summed E-state index contributed by atoms with van der Waals surface area (Å²) in [6.07, 6.45) is 2.16. The fourth-order valence-corrected chi connectivity index (χ4v) is 2.29. The minimum absolute atomic E-state index is 0.0850. The standard InChI is InChI=1S/C19H23ClN2O2/c1-2-3-12-24-17-10-8-16(9-11-17)21-14-19(23)22-13-15-6-4-5-7-18(15)20/h4-11,21H,2-3,12-14H2,1H3,(H,22,23). The topological polar surface area (TPSA) is 50.4 Å². The molecule has 0 spiro atoms. The predicted octanol–water partition coefficient (Wildman–Crippen LogP) is 4.25. The summed E-state index contributed by atoms with van der Waals surface area (Å²) >= 11 is 6.06. The summed E-state index contributed by atoms with van der Waals surface area (Å²) in [6.45, 7) is 3.49. The highest BCUT2D eigenvalue weighted by atomic mass is 35.5. The van der Waals surface area contributed by atoms with Gasteiger partial charge in [-0.05, 0) is 42.3 Å². The molecule has 0 aromatic heterocycles. The molecule has 0 unspecified atom stereocenters. The molecule has 0 aliphatic carbocycles. The lowest BCUT2D eigenvalue weighted by Gasteiger charge is -2.10. The molecule has 1 amide bonds. The van der Waals surface area contributed by atoms with Crippen LogP contribution in [0, 0.1) is 0 Å². The Balaban J connectivity index is 1.72. The van der Waals surface area contributed by atoms with Crippen LogP contribution in [0.25, 0.3) is 0 Å². The van der Waals surface area contributed by atoms with Crippen LogP contribution in [-0.2, 0) is 11.3 Å². The zero-order valence-corrected chi connectivity index (χ0v) is 14.6. The Labute approximate surface area is 148 Å². The molecule has 2 aromatic carbocycles. The number of anilines is 1. The summed E-state index contributed by atoms with van der Waals surface area (Å²) in [7, 11) is 0. The van der Waals surface area contributed by atoms with Gasteiger partial charge < -0.3 is 15.4 Å². The Kier molecular flexibility index (Phi) is 7.43. The van der Waals surface area contributed by atoms with Gasteiger partial charge in [0.25, 0.3) is 0 Å². The number of benzene rings is 2. The molecule has 0 aliphatic rings. The maximum absolute atomic E-state index is 11.9. The monoisotopic (exact) mass is 346 g/mol. The summed E-state index contributed by atoms with van der Waals surface area (Å²) in [5.74, 6) is 0.760. The Bertz CT molecular complexity index is 644. The summed E-state index contributed by atoms with van der Waals surface area (Å²) in [5, 5.41) is 6.59. The third-order valence-corrected chi connectivity index (χ3v) is 3.88. The van der Waals surface area contributed by atoms with E-state index in [1.165, 1.54) is 0 Å². The molecule has 5 heteroatoms. The first-order chi connectivity index (χ1) is 11.7. The van der Waals surface area contributed by atoms with Crippen LogP contribution >= 0.6 is 11.6 Å². The molecule has 0 heterocycles. The van der Waals surface area contributed by atoms with Crippen molar-refractivity contribution in [1.29, 1.82) is 0 Å². The van der Waals surface area contributed by atoms with E-state index < -0.39 is 0 Å². The third kappa shape index (κ3) is 6.13. The molecule has 2 N–H and O–H groups in total. The zero-order chi connectivity index (χ0) is 17.2. The number of amides is 1. The number of hydrogen-bond acceptors (Lipinski definition) is 3. The van der Waals surface area contributed by atoms with Gasteiger partial charge in [0.15, 0.2) is 0 Å². The number of carbonyl (C=O) groups excluding carboxylic acids is 1. The van der Waals surface area contributed by atoms with Crippen molar-refractivity contribution in [2.75, 3.05) is 18.5 Å². The minimum atomic E-state index is -0.0850. The van der Waals surface area contributed by atoms with Crippen LogP contribution in [0.4, 0.5) is 5.69 Å². The van der Waals surface area contributed by atoms with E-state index in [0.29, 0.717) is 11.6 Å². The Morgan fingerprint density at radius 2 is 1.88 bits per heavy atom. The van der Waals surface area contributed by atoms with Crippen molar-refractivity contribution in [3.05, 3.63) is 59.1 Å². The first kappa shape index (κ1) is 18.1. The van der Waals surface area contributed by atoms with Gasteiger partial charge in [-0.2, -0.15) is 0 Å². The Morgan fingerprint density at radius 3 is 2.58 bits per heavy atom. The molecular formula is C19H23ClN2O2. The van der Waals surface area contributed by atoms with E-state index in [2.05, 4.69) is 17.6 Å². The number of rotatable bonds is 9. The van der Waals surface area contributed by atoms with E-state index in [1.54, 1.807) is 0 Å². The second kappa shape index (κ2) is 9.83. The fraction of sp³-hybridized carbons (Fsp3) is 0.316. The second-order valence-electron chi connectivity index (χ2n) is 5.45. The van der Waals surface area contributed by atoms with Crippen molar-refractivity contribution in [3.8, 4) is 5.75 Å². The smallest absolute Gasteiger partial charge is 0.239 e. The van der Waals surface area contributed by atoms with Gasteiger partial charge in [-0.25, -0.2) is 0 Å². The van der Waals surface area contributed by atoms with E-state index in [0.717, 1.165) is 36.4 Å². The highest BCUT2D eigenvalue weighted by Crippen LogP contribution is 2.16. The average Bonchev–Trinajstić information content (AvgIpc) is 2.60. The summed E-state index contributed by atoms with van der Waals surface area (Å²) in [5.41, 5.74) is 1.78. The van der Waals surface area contributed by atoms with Gasteiger partial charge in [0.2, 0.25) is 5.91 Å². The Morgan fingerprint density at radius 1 is 1.12 bits per heavy atom. The van der Waals surface area contributed by atoms with Gasteiger partial charge in [0.05, 0.1) is 13.2 Å². The fourth-order valence-electron chi connectivity index (χ4n) is 2.08. The molecule has 0 radical (unpaired) electrons. The number of nitrogens with one attached hydrogen (secondary N) is 2. The van der Waals surface area contributed by atoms with Gasteiger partial charge in [-0.1, -0.05) is 43.1 Å². The number of carbonyl (C=O) groups is 1. The van der Waals surface area contributed by atoms with E-state index >= 15 is 0 Å². The SMILES string of the molecule is CCCCOc1ccc(NCC(=O)NCc2ccccc2Cl)cc1. The molecule has 2 aromatic rings. The molecular weight excluding hydrogens is 324 g/mol. The quantitative estimate of drug-likeness (QED) is 0.667. The highest BCUT2D eigenvalue weighted by molar-refractivity contribution is 6.31. The van der Waals surface area contributed by atoms with E-state index in [1.807, 2.05) is 48.5 Å². The first-order valence-electron chi connectivity index (χ1n) is 8.16. The first-order valence-corrected chi connectivity index (χ1v) is 8.53. The molecule has 0 aliphatic heterocycles. The predicted molar refractivity (Wildman–Crippen MR) is 98.6 cm³/mol. The minimum Gasteiger partial charge on any atom is -0.494 e. The second-order valence-corrected chi connectivity index (χ2v) is 5.86. The lowest BCUT2D eigenvalue weighted by Crippen LogP contribution is -2.29. The van der Waals surface area contributed by atoms with E-state index in [9.17, 15) is 4.79 Å². The lowest BCUT2D eigenvalue weighted by molar-refractivity contribution is -0.119. The largest absolute Gasteiger partial charge is 0.494 e. The normalized spacial score (nSPS) is 10.2. The number of ether oxygens (including phenoxy) is 1. The molecule has 0 atom stereocenters.